The molecule has 5 N–H and O–H groups in total. The fourth-order valence-electron chi connectivity index (χ4n) is 2.07. The molecule has 6 heteroatoms. The van der Waals surface area contributed by atoms with E-state index in [4.69, 9.17) is 11.5 Å². The maximum atomic E-state index is 11.9. The van der Waals surface area contributed by atoms with E-state index < -0.39 is 0 Å². The molecule has 0 bridgehead atoms. The van der Waals surface area contributed by atoms with E-state index in [-0.39, 0.29) is 18.4 Å². The van der Waals surface area contributed by atoms with Crippen molar-refractivity contribution in [3.63, 3.8) is 0 Å². The van der Waals surface area contributed by atoms with Gasteiger partial charge in [0, 0.05) is 18.7 Å². The van der Waals surface area contributed by atoms with Crippen molar-refractivity contribution in [3.05, 3.63) is 29.8 Å². The number of rotatable bonds is 9. The summed E-state index contributed by atoms with van der Waals surface area (Å²) in [4.78, 5) is 24.7. The molecule has 0 radical (unpaired) electrons. The number of primary amides is 1. The largest absolute Gasteiger partial charge is 0.369 e. The van der Waals surface area contributed by atoms with Crippen LogP contribution in [0.5, 0.6) is 0 Å². The van der Waals surface area contributed by atoms with Crippen molar-refractivity contribution in [2.45, 2.75) is 26.3 Å². The van der Waals surface area contributed by atoms with Gasteiger partial charge in [0.1, 0.15) is 0 Å². The van der Waals surface area contributed by atoms with Crippen LogP contribution in [-0.4, -0.2) is 36.3 Å². The Kier molecular flexibility index (Phi) is 7.42. The highest BCUT2D eigenvalue weighted by Crippen LogP contribution is 2.14. The van der Waals surface area contributed by atoms with Crippen LogP contribution in [0.3, 0.4) is 0 Å². The average molecular weight is 292 g/mol. The molecule has 116 valence electrons. The second kappa shape index (κ2) is 9.10. The molecule has 1 aromatic carbocycles. The minimum Gasteiger partial charge on any atom is -0.369 e. The quantitative estimate of drug-likeness (QED) is 0.622. The molecule has 0 heterocycles. The van der Waals surface area contributed by atoms with Crippen molar-refractivity contribution in [2.75, 3.05) is 25.0 Å². The molecule has 0 spiro atoms. The summed E-state index contributed by atoms with van der Waals surface area (Å²) >= 11 is 0. The minimum absolute atomic E-state index is 0.0500. The topological polar surface area (TPSA) is 101 Å². The number of carbonyl (C=O) groups is 2. The van der Waals surface area contributed by atoms with Crippen LogP contribution in [0.15, 0.2) is 24.3 Å². The summed E-state index contributed by atoms with van der Waals surface area (Å²) in [6, 6.07) is 7.48. The lowest BCUT2D eigenvalue weighted by Gasteiger charge is -2.18. The van der Waals surface area contributed by atoms with Gasteiger partial charge in [-0.1, -0.05) is 25.1 Å². The van der Waals surface area contributed by atoms with Gasteiger partial charge in [0.25, 0.3) is 0 Å². The van der Waals surface area contributed by atoms with Gasteiger partial charge in [-0.05, 0) is 31.1 Å². The van der Waals surface area contributed by atoms with E-state index in [1.54, 1.807) is 0 Å². The Morgan fingerprint density at radius 1 is 1.29 bits per heavy atom. The van der Waals surface area contributed by atoms with Crippen LogP contribution in [0.4, 0.5) is 5.69 Å². The van der Waals surface area contributed by atoms with Crippen LogP contribution in [0.25, 0.3) is 0 Å². The summed E-state index contributed by atoms with van der Waals surface area (Å²) in [6.07, 6.45) is 1.08. The van der Waals surface area contributed by atoms with E-state index in [1.807, 2.05) is 36.1 Å². The normalized spacial score (nSPS) is 10.6. The summed E-state index contributed by atoms with van der Waals surface area (Å²) in [5, 5.41) is 2.86. The molecular weight excluding hydrogens is 268 g/mol. The third kappa shape index (κ3) is 6.37. The van der Waals surface area contributed by atoms with Crippen molar-refractivity contribution < 1.29 is 9.59 Å². The number of nitrogens with zero attached hydrogens (tertiary/aromatic N) is 1. The Bertz CT molecular complexity index is 476. The van der Waals surface area contributed by atoms with Gasteiger partial charge in [-0.15, -0.1) is 0 Å². The number of anilines is 1. The van der Waals surface area contributed by atoms with Gasteiger partial charge >= 0.3 is 0 Å². The molecule has 2 amide bonds. The zero-order valence-electron chi connectivity index (χ0n) is 12.5. The fourth-order valence-corrected chi connectivity index (χ4v) is 2.07. The molecule has 0 aromatic heterocycles. The Morgan fingerprint density at radius 2 is 2.00 bits per heavy atom. The molecule has 0 aliphatic heterocycles. The van der Waals surface area contributed by atoms with E-state index in [9.17, 15) is 9.59 Å². The van der Waals surface area contributed by atoms with Gasteiger partial charge in [0.05, 0.1) is 6.54 Å². The summed E-state index contributed by atoms with van der Waals surface area (Å²) < 4.78 is 0. The van der Waals surface area contributed by atoms with Gasteiger partial charge < -0.3 is 16.8 Å². The first kappa shape index (κ1) is 17.1. The predicted molar refractivity (Wildman–Crippen MR) is 83.5 cm³/mol. The van der Waals surface area contributed by atoms with Crippen LogP contribution in [0.1, 0.15) is 25.3 Å². The van der Waals surface area contributed by atoms with E-state index in [0.717, 1.165) is 17.8 Å². The average Bonchev–Trinajstić information content (AvgIpc) is 2.46. The lowest BCUT2D eigenvalue weighted by molar-refractivity contribution is -0.119. The zero-order chi connectivity index (χ0) is 15.7. The first-order chi connectivity index (χ1) is 10.1. The summed E-state index contributed by atoms with van der Waals surface area (Å²) in [5.41, 5.74) is 12.5. The Labute approximate surface area is 125 Å². The lowest BCUT2D eigenvalue weighted by Crippen LogP contribution is -2.34. The highest BCUT2D eigenvalue weighted by atomic mass is 16.2. The van der Waals surface area contributed by atoms with Crippen molar-refractivity contribution in [3.8, 4) is 0 Å². The Balaban J connectivity index is 2.38. The van der Waals surface area contributed by atoms with Crippen LogP contribution < -0.4 is 16.8 Å². The molecular formula is C15H24N4O2. The maximum absolute atomic E-state index is 11.9. The molecule has 21 heavy (non-hydrogen) atoms. The monoisotopic (exact) mass is 292 g/mol. The van der Waals surface area contributed by atoms with Crippen molar-refractivity contribution in [1.29, 1.82) is 0 Å². The summed E-state index contributed by atoms with van der Waals surface area (Å²) in [6.45, 7) is 3.99. The maximum Gasteiger partial charge on any atom is 0.231 e. The number of nitrogens with two attached hydrogens (primary N) is 2. The minimum atomic E-state index is -0.349. The Hall–Kier alpha value is -1.92. The van der Waals surface area contributed by atoms with Gasteiger partial charge in [0.15, 0.2) is 0 Å². The second-order valence-electron chi connectivity index (χ2n) is 4.85. The fraction of sp³-hybridized carbons (Fsp3) is 0.467. The van der Waals surface area contributed by atoms with Crippen molar-refractivity contribution in [2.24, 2.45) is 11.5 Å². The standard InChI is InChI=1S/C15H24N4O2/c1-2-19(11-14(17)20)9-5-8-15(21)18-13-7-4-3-6-12(13)10-16/h3-4,6-7H,2,5,8-11,16H2,1H3,(H2,17,20)(H,18,21). The molecule has 0 unspecified atom stereocenters. The highest BCUT2D eigenvalue weighted by molar-refractivity contribution is 5.91. The molecule has 1 aromatic rings. The zero-order valence-corrected chi connectivity index (χ0v) is 12.5. The van der Waals surface area contributed by atoms with E-state index in [0.29, 0.717) is 25.9 Å². The van der Waals surface area contributed by atoms with Crippen LogP contribution in [0.2, 0.25) is 0 Å². The van der Waals surface area contributed by atoms with Gasteiger partial charge in [0.2, 0.25) is 11.8 Å². The number of carbonyl (C=O) groups excluding carboxylic acids is 2. The van der Waals surface area contributed by atoms with Gasteiger partial charge in [-0.3, -0.25) is 14.5 Å². The molecule has 6 nitrogen and oxygen atoms in total. The molecule has 0 aliphatic carbocycles. The molecule has 0 saturated carbocycles. The third-order valence-corrected chi connectivity index (χ3v) is 3.22. The van der Waals surface area contributed by atoms with Crippen LogP contribution >= 0.6 is 0 Å². The smallest absolute Gasteiger partial charge is 0.231 e. The SMILES string of the molecule is CCN(CCCC(=O)Nc1ccccc1CN)CC(N)=O. The van der Waals surface area contributed by atoms with Crippen molar-refractivity contribution >= 4 is 17.5 Å². The third-order valence-electron chi connectivity index (χ3n) is 3.22. The lowest BCUT2D eigenvalue weighted by atomic mass is 10.1. The molecule has 1 rings (SSSR count). The first-order valence-electron chi connectivity index (χ1n) is 7.15. The molecule has 0 saturated heterocycles. The number of benzene rings is 1. The van der Waals surface area contributed by atoms with Crippen LogP contribution in [-0.2, 0) is 16.1 Å². The van der Waals surface area contributed by atoms with E-state index >= 15 is 0 Å². The number of hydrogen-bond acceptors (Lipinski definition) is 4. The van der Waals surface area contributed by atoms with Crippen molar-refractivity contribution in [1.82, 2.24) is 4.90 Å². The summed E-state index contributed by atoms with van der Waals surface area (Å²) in [5.74, 6) is -0.399. The number of amides is 2. The highest BCUT2D eigenvalue weighted by Gasteiger charge is 2.09. The van der Waals surface area contributed by atoms with E-state index in [1.165, 1.54) is 0 Å². The van der Waals surface area contributed by atoms with E-state index in [2.05, 4.69) is 5.32 Å². The molecule has 0 aliphatic rings. The number of likely N-dealkylation sites (N-methyl/N-ethyl adjacent to an activating group) is 1. The van der Waals surface area contributed by atoms with Gasteiger partial charge in [-0.25, -0.2) is 0 Å². The Morgan fingerprint density at radius 3 is 2.62 bits per heavy atom. The molecule has 0 fully saturated rings. The predicted octanol–water partition coefficient (Wildman–Crippen LogP) is 0.671. The number of hydrogen-bond donors (Lipinski definition) is 3. The summed E-state index contributed by atoms with van der Waals surface area (Å²) in [7, 11) is 0. The first-order valence-corrected chi connectivity index (χ1v) is 7.15. The molecule has 0 atom stereocenters. The van der Waals surface area contributed by atoms with Gasteiger partial charge in [-0.2, -0.15) is 0 Å². The number of para-hydroxylation sites is 1. The van der Waals surface area contributed by atoms with Crippen LogP contribution in [0, 0.1) is 0 Å². The second-order valence-corrected chi connectivity index (χ2v) is 4.85. The number of nitrogens with one attached hydrogen (secondary N) is 1.